The Kier molecular flexibility index (Phi) is 5.01. The fourth-order valence-electron chi connectivity index (χ4n) is 2.80. The number of nitrogens with zero attached hydrogens (tertiary/aromatic N) is 1. The van der Waals surface area contributed by atoms with Crippen molar-refractivity contribution >= 4 is 11.5 Å². The molecule has 1 unspecified atom stereocenters. The second-order valence-corrected chi connectivity index (χ2v) is 5.68. The summed E-state index contributed by atoms with van der Waals surface area (Å²) in [6.45, 7) is 5.34. The van der Waals surface area contributed by atoms with Gasteiger partial charge in [-0.2, -0.15) is 0 Å². The highest BCUT2D eigenvalue weighted by molar-refractivity contribution is 5.97. The number of hydrogen-bond donors (Lipinski definition) is 1. The number of nitrogens with two attached hydrogens (primary N) is 1. The van der Waals surface area contributed by atoms with E-state index in [1.807, 2.05) is 0 Å². The first-order valence-electron chi connectivity index (χ1n) is 7.29. The van der Waals surface area contributed by atoms with Crippen LogP contribution in [0.5, 0.6) is 5.75 Å². The van der Waals surface area contributed by atoms with Crippen LogP contribution < -0.4 is 10.5 Å². The highest BCUT2D eigenvalue weighted by Crippen LogP contribution is 2.23. The molecule has 0 aliphatic carbocycles. The quantitative estimate of drug-likeness (QED) is 0.663. The molecular formula is C16H24N2O2. The Bertz CT molecular complexity index is 474. The van der Waals surface area contributed by atoms with Crippen LogP contribution in [0.25, 0.3) is 0 Å². The lowest BCUT2D eigenvalue weighted by molar-refractivity contribution is 0.0949. The zero-order valence-electron chi connectivity index (χ0n) is 12.4. The van der Waals surface area contributed by atoms with E-state index in [2.05, 4.69) is 11.8 Å². The fourth-order valence-corrected chi connectivity index (χ4v) is 2.80. The summed E-state index contributed by atoms with van der Waals surface area (Å²) < 4.78 is 5.10. The number of Topliss-reactive ketones (excluding diaryl/α,β-unsaturated/α-hetero) is 1. The first kappa shape index (κ1) is 14.9. The van der Waals surface area contributed by atoms with E-state index in [-0.39, 0.29) is 5.78 Å². The topological polar surface area (TPSA) is 55.6 Å². The molecular weight excluding hydrogens is 252 g/mol. The van der Waals surface area contributed by atoms with Gasteiger partial charge in [-0.1, -0.05) is 6.92 Å². The van der Waals surface area contributed by atoms with Gasteiger partial charge in [0.15, 0.2) is 5.78 Å². The van der Waals surface area contributed by atoms with Crippen LogP contribution in [0.4, 0.5) is 5.69 Å². The maximum Gasteiger partial charge on any atom is 0.164 e. The number of nitrogen functional groups attached to an aromatic ring is 1. The smallest absolute Gasteiger partial charge is 0.164 e. The Morgan fingerprint density at radius 3 is 2.95 bits per heavy atom. The molecule has 1 atom stereocenters. The van der Waals surface area contributed by atoms with Gasteiger partial charge in [0, 0.05) is 25.1 Å². The zero-order chi connectivity index (χ0) is 14.5. The number of ether oxygens (including phenoxy) is 1. The van der Waals surface area contributed by atoms with Gasteiger partial charge >= 0.3 is 0 Å². The summed E-state index contributed by atoms with van der Waals surface area (Å²) in [4.78, 5) is 14.6. The van der Waals surface area contributed by atoms with Crippen LogP contribution >= 0.6 is 0 Å². The summed E-state index contributed by atoms with van der Waals surface area (Å²) in [6, 6.07) is 5.25. The third-order valence-electron chi connectivity index (χ3n) is 3.95. The lowest BCUT2D eigenvalue weighted by Crippen LogP contribution is -2.35. The van der Waals surface area contributed by atoms with Crippen LogP contribution in [0, 0.1) is 5.92 Å². The van der Waals surface area contributed by atoms with E-state index in [1.165, 1.54) is 12.8 Å². The van der Waals surface area contributed by atoms with Crippen molar-refractivity contribution in [1.29, 1.82) is 0 Å². The average Bonchev–Trinajstić information content (AvgIpc) is 2.44. The molecule has 1 heterocycles. The van der Waals surface area contributed by atoms with E-state index < -0.39 is 0 Å². The molecule has 1 aliphatic heterocycles. The number of rotatable bonds is 5. The number of carbonyl (C=O) groups excluding carboxylic acids is 1. The first-order valence-corrected chi connectivity index (χ1v) is 7.29. The maximum absolute atomic E-state index is 12.2. The van der Waals surface area contributed by atoms with Crippen LogP contribution in [-0.2, 0) is 0 Å². The molecule has 4 heteroatoms. The van der Waals surface area contributed by atoms with E-state index in [4.69, 9.17) is 10.5 Å². The maximum atomic E-state index is 12.2. The number of hydrogen-bond acceptors (Lipinski definition) is 4. The van der Waals surface area contributed by atoms with Crippen molar-refractivity contribution < 1.29 is 9.53 Å². The van der Waals surface area contributed by atoms with Crippen molar-refractivity contribution in [2.45, 2.75) is 26.2 Å². The molecule has 1 aromatic rings. The summed E-state index contributed by atoms with van der Waals surface area (Å²) in [5.41, 5.74) is 7.03. The number of likely N-dealkylation sites (tertiary alicyclic amines) is 1. The average molecular weight is 276 g/mol. The van der Waals surface area contributed by atoms with Crippen molar-refractivity contribution in [3.63, 3.8) is 0 Å². The van der Waals surface area contributed by atoms with Crippen LogP contribution in [0.2, 0.25) is 0 Å². The molecule has 1 saturated heterocycles. The van der Waals surface area contributed by atoms with Crippen molar-refractivity contribution in [3.05, 3.63) is 23.8 Å². The standard InChI is InChI=1S/C16H24N2O2/c1-12-4-3-8-18(11-12)9-7-15(19)13-5-6-16(20-2)14(17)10-13/h5-6,10,12H,3-4,7-9,11,17H2,1-2H3. The predicted octanol–water partition coefficient (Wildman–Crippen LogP) is 2.58. The summed E-state index contributed by atoms with van der Waals surface area (Å²) in [5, 5.41) is 0. The molecule has 0 radical (unpaired) electrons. The predicted molar refractivity (Wildman–Crippen MR) is 81.2 cm³/mol. The minimum absolute atomic E-state index is 0.151. The molecule has 4 nitrogen and oxygen atoms in total. The molecule has 0 bridgehead atoms. The van der Waals surface area contributed by atoms with Crippen LogP contribution in [0.1, 0.15) is 36.5 Å². The van der Waals surface area contributed by atoms with E-state index >= 15 is 0 Å². The Hall–Kier alpha value is -1.55. The lowest BCUT2D eigenvalue weighted by Gasteiger charge is -2.30. The molecule has 20 heavy (non-hydrogen) atoms. The number of benzene rings is 1. The van der Waals surface area contributed by atoms with Gasteiger partial charge in [0.05, 0.1) is 12.8 Å². The summed E-state index contributed by atoms with van der Waals surface area (Å²) in [7, 11) is 1.57. The second kappa shape index (κ2) is 6.75. The number of carbonyl (C=O) groups is 1. The zero-order valence-corrected chi connectivity index (χ0v) is 12.4. The van der Waals surface area contributed by atoms with Gasteiger partial charge in [0.2, 0.25) is 0 Å². The van der Waals surface area contributed by atoms with Crippen LogP contribution in [0.3, 0.4) is 0 Å². The Labute approximate surface area is 120 Å². The van der Waals surface area contributed by atoms with Gasteiger partial charge in [-0.05, 0) is 43.5 Å². The summed E-state index contributed by atoms with van der Waals surface area (Å²) >= 11 is 0. The van der Waals surface area contributed by atoms with Gasteiger partial charge in [-0.15, -0.1) is 0 Å². The van der Waals surface area contributed by atoms with Crippen molar-refractivity contribution in [2.24, 2.45) is 5.92 Å². The number of piperidine rings is 1. The van der Waals surface area contributed by atoms with Gasteiger partial charge in [-0.3, -0.25) is 4.79 Å². The van der Waals surface area contributed by atoms with Crippen LogP contribution in [0.15, 0.2) is 18.2 Å². The molecule has 0 amide bonds. The van der Waals surface area contributed by atoms with Crippen molar-refractivity contribution in [2.75, 3.05) is 32.5 Å². The first-order chi connectivity index (χ1) is 9.60. The Balaban J connectivity index is 1.90. The van der Waals surface area contributed by atoms with E-state index in [0.717, 1.165) is 25.6 Å². The monoisotopic (exact) mass is 276 g/mol. The summed E-state index contributed by atoms with van der Waals surface area (Å²) in [5.74, 6) is 1.51. The second-order valence-electron chi connectivity index (χ2n) is 5.68. The normalized spacial score (nSPS) is 19.8. The number of anilines is 1. The molecule has 2 N–H and O–H groups in total. The number of methoxy groups -OCH3 is 1. The SMILES string of the molecule is COc1ccc(C(=O)CCN2CCCC(C)C2)cc1N. The number of ketones is 1. The van der Waals surface area contributed by atoms with Crippen molar-refractivity contribution in [1.82, 2.24) is 4.90 Å². The van der Waals surface area contributed by atoms with E-state index in [9.17, 15) is 4.79 Å². The largest absolute Gasteiger partial charge is 0.495 e. The Morgan fingerprint density at radius 2 is 2.30 bits per heavy atom. The molecule has 1 fully saturated rings. The summed E-state index contributed by atoms with van der Waals surface area (Å²) in [6.07, 6.45) is 3.10. The molecule has 1 aromatic carbocycles. The highest BCUT2D eigenvalue weighted by atomic mass is 16.5. The van der Waals surface area contributed by atoms with Crippen molar-refractivity contribution in [3.8, 4) is 5.75 Å². The van der Waals surface area contributed by atoms with Gasteiger partial charge in [0.1, 0.15) is 5.75 Å². The third kappa shape index (κ3) is 3.73. The van der Waals surface area contributed by atoms with Gasteiger partial charge in [-0.25, -0.2) is 0 Å². The van der Waals surface area contributed by atoms with Gasteiger partial charge in [0.25, 0.3) is 0 Å². The Morgan fingerprint density at radius 1 is 1.50 bits per heavy atom. The third-order valence-corrected chi connectivity index (χ3v) is 3.95. The minimum Gasteiger partial charge on any atom is -0.495 e. The van der Waals surface area contributed by atoms with E-state index in [0.29, 0.717) is 23.4 Å². The molecule has 0 aromatic heterocycles. The molecule has 0 saturated carbocycles. The molecule has 2 rings (SSSR count). The molecule has 1 aliphatic rings. The minimum atomic E-state index is 0.151. The molecule has 0 spiro atoms. The van der Waals surface area contributed by atoms with Gasteiger partial charge < -0.3 is 15.4 Å². The lowest BCUT2D eigenvalue weighted by atomic mass is 9.99. The van der Waals surface area contributed by atoms with E-state index in [1.54, 1.807) is 25.3 Å². The highest BCUT2D eigenvalue weighted by Gasteiger charge is 2.17. The fraction of sp³-hybridized carbons (Fsp3) is 0.562. The van der Waals surface area contributed by atoms with Crippen LogP contribution in [-0.4, -0.2) is 37.4 Å². The molecule has 110 valence electrons.